The summed E-state index contributed by atoms with van der Waals surface area (Å²) in [4.78, 5) is 14.5. The maximum absolute atomic E-state index is 12.9. The van der Waals surface area contributed by atoms with Crippen LogP contribution in [0.3, 0.4) is 0 Å². The van der Waals surface area contributed by atoms with Gasteiger partial charge in [0.15, 0.2) is 9.84 Å². The highest BCUT2D eigenvalue weighted by molar-refractivity contribution is 7.91. The third-order valence-corrected chi connectivity index (χ3v) is 6.81. The van der Waals surface area contributed by atoms with E-state index in [0.29, 0.717) is 25.9 Å². The van der Waals surface area contributed by atoms with Crippen molar-refractivity contribution in [3.63, 3.8) is 0 Å². The molecule has 0 N–H and O–H groups in total. The Morgan fingerprint density at radius 1 is 1.10 bits per heavy atom. The van der Waals surface area contributed by atoms with Gasteiger partial charge in [-0.05, 0) is 30.3 Å². The predicted molar refractivity (Wildman–Crippen MR) is 105 cm³/mol. The van der Waals surface area contributed by atoms with Gasteiger partial charge in [0.25, 0.3) is 5.91 Å². The molecule has 0 atom stereocenters. The van der Waals surface area contributed by atoms with E-state index in [1.807, 2.05) is 0 Å². The zero-order chi connectivity index (χ0) is 21.9. The molecular weight excluding hydrogens is 419 g/mol. The smallest absolute Gasteiger partial charge is 0.416 e. The van der Waals surface area contributed by atoms with Crippen molar-refractivity contribution in [1.82, 2.24) is 4.90 Å². The van der Waals surface area contributed by atoms with E-state index in [-0.39, 0.29) is 34.0 Å². The van der Waals surface area contributed by atoms with E-state index in [0.717, 1.165) is 12.1 Å². The number of hydrogen-bond donors (Lipinski definition) is 0. The molecule has 2 aromatic carbocycles. The monoisotopic (exact) mass is 441 g/mol. The van der Waals surface area contributed by atoms with E-state index in [2.05, 4.69) is 0 Å². The number of benzene rings is 2. The summed E-state index contributed by atoms with van der Waals surface area (Å²) < 4.78 is 68.8. The first-order chi connectivity index (χ1) is 14.1. The Hall–Kier alpha value is -2.55. The van der Waals surface area contributed by atoms with Crippen molar-refractivity contribution >= 4 is 15.7 Å². The van der Waals surface area contributed by atoms with Gasteiger partial charge in [0.2, 0.25) is 0 Å². The maximum Gasteiger partial charge on any atom is 0.416 e. The number of piperidine rings is 1. The average molecular weight is 441 g/mol. The number of halogens is 3. The average Bonchev–Trinajstić information content (AvgIpc) is 2.73. The number of amides is 1. The van der Waals surface area contributed by atoms with Crippen molar-refractivity contribution in [3.05, 3.63) is 59.7 Å². The van der Waals surface area contributed by atoms with E-state index in [1.165, 1.54) is 31.2 Å². The number of rotatable bonds is 5. The molecule has 1 heterocycles. The van der Waals surface area contributed by atoms with Crippen molar-refractivity contribution in [2.45, 2.75) is 36.9 Å². The van der Waals surface area contributed by atoms with Gasteiger partial charge in [-0.2, -0.15) is 13.2 Å². The molecule has 1 saturated heterocycles. The van der Waals surface area contributed by atoms with Gasteiger partial charge in [0, 0.05) is 25.9 Å². The first kappa shape index (κ1) is 22.1. The van der Waals surface area contributed by atoms with Gasteiger partial charge in [-0.25, -0.2) is 8.42 Å². The number of sulfone groups is 1. The van der Waals surface area contributed by atoms with E-state index in [9.17, 15) is 26.4 Å². The SMILES string of the molecule is CCS(=O)(=O)c1ccccc1C(=O)N1CCC(Oc2cccc(C(F)(F)F)c2)CC1. The van der Waals surface area contributed by atoms with Crippen molar-refractivity contribution in [2.75, 3.05) is 18.8 Å². The lowest BCUT2D eigenvalue weighted by atomic mass is 10.1. The molecule has 0 bridgehead atoms. The fourth-order valence-electron chi connectivity index (χ4n) is 3.36. The second-order valence-electron chi connectivity index (χ2n) is 7.03. The number of alkyl halides is 3. The van der Waals surface area contributed by atoms with Crippen LogP contribution < -0.4 is 4.74 Å². The minimum Gasteiger partial charge on any atom is -0.490 e. The Labute approximate surface area is 173 Å². The van der Waals surface area contributed by atoms with Crippen molar-refractivity contribution in [2.24, 2.45) is 0 Å². The van der Waals surface area contributed by atoms with Crippen LogP contribution in [0.15, 0.2) is 53.4 Å². The minimum atomic E-state index is -4.44. The number of ether oxygens (including phenoxy) is 1. The summed E-state index contributed by atoms with van der Waals surface area (Å²) in [6.45, 7) is 2.17. The van der Waals surface area contributed by atoms with Gasteiger partial charge < -0.3 is 9.64 Å². The van der Waals surface area contributed by atoms with Crippen LogP contribution in [0.2, 0.25) is 0 Å². The zero-order valence-electron chi connectivity index (χ0n) is 16.4. The van der Waals surface area contributed by atoms with Crippen LogP contribution in [-0.4, -0.2) is 44.2 Å². The second kappa shape index (κ2) is 8.67. The second-order valence-corrected chi connectivity index (χ2v) is 9.28. The van der Waals surface area contributed by atoms with Crippen molar-refractivity contribution in [3.8, 4) is 5.75 Å². The third kappa shape index (κ3) is 4.95. The first-order valence-corrected chi connectivity index (χ1v) is 11.2. The van der Waals surface area contributed by atoms with Crippen LogP contribution in [0.4, 0.5) is 13.2 Å². The normalized spacial score (nSPS) is 15.8. The molecule has 0 aromatic heterocycles. The molecule has 1 aliphatic rings. The fourth-order valence-corrected chi connectivity index (χ4v) is 4.44. The van der Waals surface area contributed by atoms with Crippen LogP contribution in [-0.2, 0) is 16.0 Å². The Kier molecular flexibility index (Phi) is 6.40. The Morgan fingerprint density at radius 2 is 1.77 bits per heavy atom. The van der Waals surface area contributed by atoms with Gasteiger partial charge in [-0.1, -0.05) is 25.1 Å². The summed E-state index contributed by atoms with van der Waals surface area (Å²) in [7, 11) is -3.54. The molecule has 0 aliphatic carbocycles. The molecular formula is C21H22F3NO4S. The van der Waals surface area contributed by atoms with E-state index in [1.54, 1.807) is 17.0 Å². The molecule has 1 amide bonds. The van der Waals surface area contributed by atoms with Gasteiger partial charge in [0.1, 0.15) is 11.9 Å². The van der Waals surface area contributed by atoms with E-state index in [4.69, 9.17) is 4.74 Å². The lowest BCUT2D eigenvalue weighted by Gasteiger charge is -2.32. The molecule has 5 nitrogen and oxygen atoms in total. The maximum atomic E-state index is 12.9. The number of carbonyl (C=O) groups excluding carboxylic acids is 1. The van der Waals surface area contributed by atoms with Crippen LogP contribution in [0.5, 0.6) is 5.75 Å². The number of nitrogens with zero attached hydrogens (tertiary/aromatic N) is 1. The van der Waals surface area contributed by atoms with Gasteiger partial charge in [-0.15, -0.1) is 0 Å². The predicted octanol–water partition coefficient (Wildman–Crippen LogP) is 4.18. The molecule has 0 radical (unpaired) electrons. The van der Waals surface area contributed by atoms with E-state index < -0.39 is 21.6 Å². The topological polar surface area (TPSA) is 63.7 Å². The molecule has 0 saturated carbocycles. The molecule has 1 fully saturated rings. The quantitative estimate of drug-likeness (QED) is 0.698. The summed E-state index contributed by atoms with van der Waals surface area (Å²) in [5.41, 5.74) is -0.641. The minimum absolute atomic E-state index is 0.0137. The van der Waals surface area contributed by atoms with Crippen LogP contribution in [0.25, 0.3) is 0 Å². The summed E-state index contributed by atoms with van der Waals surface area (Å²) >= 11 is 0. The highest BCUT2D eigenvalue weighted by Gasteiger charge is 2.31. The summed E-state index contributed by atoms with van der Waals surface area (Å²) in [6.07, 6.45) is -3.90. The highest BCUT2D eigenvalue weighted by atomic mass is 32.2. The largest absolute Gasteiger partial charge is 0.490 e. The van der Waals surface area contributed by atoms with Crippen LogP contribution >= 0.6 is 0 Å². The molecule has 9 heteroatoms. The molecule has 0 spiro atoms. The van der Waals surface area contributed by atoms with Gasteiger partial charge in [-0.3, -0.25) is 4.79 Å². The molecule has 3 rings (SSSR count). The Bertz CT molecular complexity index is 1010. The van der Waals surface area contributed by atoms with Crippen LogP contribution in [0, 0.1) is 0 Å². The first-order valence-electron chi connectivity index (χ1n) is 9.57. The highest BCUT2D eigenvalue weighted by Crippen LogP contribution is 2.32. The van der Waals surface area contributed by atoms with Gasteiger partial charge in [0.05, 0.1) is 21.8 Å². The lowest BCUT2D eigenvalue weighted by Crippen LogP contribution is -2.42. The summed E-state index contributed by atoms with van der Waals surface area (Å²) in [5.74, 6) is -0.348. The fraction of sp³-hybridized carbons (Fsp3) is 0.381. The molecule has 2 aromatic rings. The van der Waals surface area contributed by atoms with Crippen molar-refractivity contribution in [1.29, 1.82) is 0 Å². The third-order valence-electron chi connectivity index (χ3n) is 5.03. The summed E-state index contributed by atoms with van der Waals surface area (Å²) in [6, 6.07) is 10.8. The Balaban J connectivity index is 1.66. The number of likely N-dealkylation sites (tertiary alicyclic amines) is 1. The zero-order valence-corrected chi connectivity index (χ0v) is 17.2. The Morgan fingerprint density at radius 3 is 2.40 bits per heavy atom. The molecule has 1 aliphatic heterocycles. The van der Waals surface area contributed by atoms with Crippen LogP contribution in [0.1, 0.15) is 35.7 Å². The lowest BCUT2D eigenvalue weighted by molar-refractivity contribution is -0.137. The number of carbonyl (C=O) groups is 1. The standard InChI is InChI=1S/C21H22F3NO4S/c1-2-30(27,28)19-9-4-3-8-18(19)20(26)25-12-10-16(11-13-25)29-17-7-5-6-15(14-17)21(22,23)24/h3-9,14,16H,2,10-13H2,1H3. The van der Waals surface area contributed by atoms with Gasteiger partial charge >= 0.3 is 6.18 Å². The van der Waals surface area contributed by atoms with E-state index >= 15 is 0 Å². The van der Waals surface area contributed by atoms with Crippen molar-refractivity contribution < 1.29 is 31.1 Å². The number of hydrogen-bond acceptors (Lipinski definition) is 4. The molecule has 0 unspecified atom stereocenters. The molecule has 162 valence electrons. The summed E-state index contributed by atoms with van der Waals surface area (Å²) in [5, 5.41) is 0. The molecule has 30 heavy (non-hydrogen) atoms.